The summed E-state index contributed by atoms with van der Waals surface area (Å²) in [5.41, 5.74) is 0.551. The zero-order chi connectivity index (χ0) is 12.4. The van der Waals surface area contributed by atoms with Crippen molar-refractivity contribution in [2.45, 2.75) is 0 Å². The van der Waals surface area contributed by atoms with Gasteiger partial charge in [-0.3, -0.25) is 5.10 Å². The van der Waals surface area contributed by atoms with Gasteiger partial charge < -0.3 is 9.84 Å². The molecule has 0 saturated carbocycles. The first kappa shape index (κ1) is 11.1. The van der Waals surface area contributed by atoms with Gasteiger partial charge in [-0.05, 0) is 18.2 Å². The monoisotopic (exact) mass is 236 g/mol. The Labute approximate surface area is 95.9 Å². The Balaban J connectivity index is 2.61. The molecule has 1 aromatic carbocycles. The lowest BCUT2D eigenvalue weighted by atomic mass is 10.1. The second-order valence-corrected chi connectivity index (χ2v) is 3.31. The van der Waals surface area contributed by atoms with Crippen LogP contribution >= 0.6 is 0 Å². The van der Waals surface area contributed by atoms with Crippen molar-refractivity contribution in [3.63, 3.8) is 0 Å². The molecule has 2 rings (SSSR count). The quantitative estimate of drug-likeness (QED) is 0.853. The molecule has 2 aromatic rings. The molecule has 0 radical (unpaired) electrons. The highest BCUT2D eigenvalue weighted by Crippen LogP contribution is 2.31. The van der Waals surface area contributed by atoms with E-state index in [0.29, 0.717) is 11.3 Å². The first-order valence-corrected chi connectivity index (χ1v) is 4.74. The maximum Gasteiger partial charge on any atom is 0.338 e. The standard InChI is InChI=1S/C11H9FN2O3/c1-17-10-5-6(11(15)16)8(12)4-7(10)9-2-3-13-14-9/h2-5H,1H3,(H,13,14)(H,15,16). The van der Waals surface area contributed by atoms with E-state index in [1.807, 2.05) is 0 Å². The molecule has 0 bridgehead atoms. The number of hydrogen-bond acceptors (Lipinski definition) is 3. The Hall–Kier alpha value is -2.37. The van der Waals surface area contributed by atoms with Gasteiger partial charge in [0, 0.05) is 11.8 Å². The lowest BCUT2D eigenvalue weighted by Gasteiger charge is -2.08. The number of rotatable bonds is 3. The summed E-state index contributed by atoms with van der Waals surface area (Å²) in [5.74, 6) is -1.88. The van der Waals surface area contributed by atoms with Gasteiger partial charge >= 0.3 is 5.97 Å². The van der Waals surface area contributed by atoms with Crippen LogP contribution in [0.25, 0.3) is 11.3 Å². The fourth-order valence-electron chi connectivity index (χ4n) is 1.50. The maximum atomic E-state index is 13.5. The van der Waals surface area contributed by atoms with Crippen molar-refractivity contribution in [3.05, 3.63) is 35.8 Å². The molecule has 0 aliphatic carbocycles. The normalized spacial score (nSPS) is 10.2. The number of nitrogens with zero attached hydrogens (tertiary/aromatic N) is 1. The van der Waals surface area contributed by atoms with Crippen LogP contribution in [0.4, 0.5) is 4.39 Å². The van der Waals surface area contributed by atoms with E-state index in [4.69, 9.17) is 9.84 Å². The number of benzene rings is 1. The second-order valence-electron chi connectivity index (χ2n) is 3.31. The Morgan fingerprint density at radius 2 is 2.29 bits per heavy atom. The number of methoxy groups -OCH3 is 1. The molecule has 6 heteroatoms. The van der Waals surface area contributed by atoms with Gasteiger partial charge in [0.15, 0.2) is 0 Å². The van der Waals surface area contributed by atoms with Gasteiger partial charge in [0.25, 0.3) is 0 Å². The number of H-pyrrole nitrogens is 1. The summed E-state index contributed by atoms with van der Waals surface area (Å²) in [5, 5.41) is 15.2. The third-order valence-electron chi connectivity index (χ3n) is 2.31. The van der Waals surface area contributed by atoms with Gasteiger partial charge in [0.2, 0.25) is 0 Å². The van der Waals surface area contributed by atoms with Crippen molar-refractivity contribution in [1.82, 2.24) is 10.2 Å². The highest BCUT2D eigenvalue weighted by Gasteiger charge is 2.17. The van der Waals surface area contributed by atoms with Crippen molar-refractivity contribution >= 4 is 5.97 Å². The Morgan fingerprint density at radius 1 is 1.53 bits per heavy atom. The third kappa shape index (κ3) is 1.96. The minimum absolute atomic E-state index is 0.271. The van der Waals surface area contributed by atoms with Gasteiger partial charge in [-0.2, -0.15) is 5.10 Å². The van der Waals surface area contributed by atoms with E-state index < -0.39 is 17.3 Å². The van der Waals surface area contributed by atoms with E-state index in [2.05, 4.69) is 10.2 Å². The number of nitrogens with one attached hydrogen (secondary N) is 1. The number of aromatic carboxylic acids is 1. The zero-order valence-electron chi connectivity index (χ0n) is 8.90. The molecule has 17 heavy (non-hydrogen) atoms. The summed E-state index contributed by atoms with van der Waals surface area (Å²) in [6, 6.07) is 3.89. The molecule has 1 aromatic heterocycles. The number of hydrogen-bond donors (Lipinski definition) is 2. The second kappa shape index (κ2) is 4.25. The predicted octanol–water partition coefficient (Wildman–Crippen LogP) is 1.92. The smallest absolute Gasteiger partial charge is 0.338 e. The highest BCUT2D eigenvalue weighted by atomic mass is 19.1. The van der Waals surface area contributed by atoms with Gasteiger partial charge in [-0.15, -0.1) is 0 Å². The summed E-state index contributed by atoms with van der Waals surface area (Å²) in [4.78, 5) is 10.8. The number of carboxylic acids is 1. The minimum Gasteiger partial charge on any atom is -0.496 e. The van der Waals surface area contributed by atoms with Crippen LogP contribution in [-0.4, -0.2) is 28.4 Å². The molecule has 0 spiro atoms. The fraction of sp³-hybridized carbons (Fsp3) is 0.0909. The molecule has 0 saturated heterocycles. The average Bonchev–Trinajstić information content (AvgIpc) is 2.81. The summed E-state index contributed by atoms with van der Waals surface area (Å²) < 4.78 is 18.6. The predicted molar refractivity (Wildman–Crippen MR) is 57.5 cm³/mol. The third-order valence-corrected chi connectivity index (χ3v) is 2.31. The van der Waals surface area contributed by atoms with E-state index >= 15 is 0 Å². The molecule has 0 atom stereocenters. The number of aromatic nitrogens is 2. The molecule has 5 nitrogen and oxygen atoms in total. The molecule has 1 heterocycles. The van der Waals surface area contributed by atoms with E-state index in [9.17, 15) is 9.18 Å². The van der Waals surface area contributed by atoms with Gasteiger partial charge in [0.1, 0.15) is 11.6 Å². The molecule has 88 valence electrons. The van der Waals surface area contributed by atoms with Crippen LogP contribution in [0, 0.1) is 5.82 Å². The van der Waals surface area contributed by atoms with Crippen LogP contribution in [-0.2, 0) is 0 Å². The number of halogens is 1. The molecular weight excluding hydrogens is 227 g/mol. The maximum absolute atomic E-state index is 13.5. The summed E-state index contributed by atoms with van der Waals surface area (Å²) in [6.07, 6.45) is 1.51. The largest absolute Gasteiger partial charge is 0.496 e. The Kier molecular flexibility index (Phi) is 2.78. The molecule has 0 unspecified atom stereocenters. The minimum atomic E-state index is -1.34. The van der Waals surface area contributed by atoms with Crippen molar-refractivity contribution in [3.8, 4) is 17.0 Å². The highest BCUT2D eigenvalue weighted by molar-refractivity contribution is 5.90. The lowest BCUT2D eigenvalue weighted by Crippen LogP contribution is -2.02. The van der Waals surface area contributed by atoms with Crippen LogP contribution in [0.1, 0.15) is 10.4 Å². The average molecular weight is 236 g/mol. The molecule has 0 aliphatic heterocycles. The number of aromatic amines is 1. The fourth-order valence-corrected chi connectivity index (χ4v) is 1.50. The molecule has 0 aliphatic rings. The summed E-state index contributed by atoms with van der Waals surface area (Å²) in [7, 11) is 1.39. The van der Waals surface area contributed by atoms with E-state index in [1.165, 1.54) is 13.3 Å². The van der Waals surface area contributed by atoms with Gasteiger partial charge in [-0.25, -0.2) is 9.18 Å². The van der Waals surface area contributed by atoms with Crippen molar-refractivity contribution < 1.29 is 19.0 Å². The number of carbonyl (C=O) groups is 1. The first-order valence-electron chi connectivity index (χ1n) is 4.74. The Bertz CT molecular complexity index is 552. The molecule has 0 fully saturated rings. The molecular formula is C11H9FN2O3. The molecule has 0 amide bonds. The van der Waals surface area contributed by atoms with Crippen molar-refractivity contribution in [2.24, 2.45) is 0 Å². The first-order chi connectivity index (χ1) is 8.13. The van der Waals surface area contributed by atoms with Crippen LogP contribution in [0.15, 0.2) is 24.4 Å². The summed E-state index contributed by atoms with van der Waals surface area (Å²) >= 11 is 0. The molecule has 2 N–H and O–H groups in total. The van der Waals surface area contributed by atoms with E-state index in [-0.39, 0.29) is 5.75 Å². The summed E-state index contributed by atoms with van der Waals surface area (Å²) in [6.45, 7) is 0. The van der Waals surface area contributed by atoms with Crippen molar-refractivity contribution in [1.29, 1.82) is 0 Å². The number of ether oxygens (including phenoxy) is 1. The SMILES string of the molecule is COc1cc(C(=O)O)c(F)cc1-c1ccn[nH]1. The van der Waals surface area contributed by atoms with Gasteiger partial charge in [0.05, 0.1) is 18.4 Å². The van der Waals surface area contributed by atoms with Crippen LogP contribution < -0.4 is 4.74 Å². The Morgan fingerprint density at radius 3 is 2.82 bits per heavy atom. The van der Waals surface area contributed by atoms with E-state index in [0.717, 1.165) is 12.1 Å². The van der Waals surface area contributed by atoms with Gasteiger partial charge in [-0.1, -0.05) is 0 Å². The van der Waals surface area contributed by atoms with Crippen LogP contribution in [0.2, 0.25) is 0 Å². The zero-order valence-corrected chi connectivity index (χ0v) is 8.90. The lowest BCUT2D eigenvalue weighted by molar-refractivity contribution is 0.0691. The van der Waals surface area contributed by atoms with Crippen LogP contribution in [0.3, 0.4) is 0 Å². The van der Waals surface area contributed by atoms with Crippen LogP contribution in [0.5, 0.6) is 5.75 Å². The van der Waals surface area contributed by atoms with Crippen molar-refractivity contribution in [2.75, 3.05) is 7.11 Å². The van der Waals surface area contributed by atoms with E-state index in [1.54, 1.807) is 6.07 Å². The topological polar surface area (TPSA) is 75.2 Å². The number of carboxylic acid groups (broad SMARTS) is 1.